The zero-order chi connectivity index (χ0) is 14.1. The highest BCUT2D eigenvalue weighted by Crippen LogP contribution is 2.28. The number of rotatable bonds is 4. The molecule has 2 aromatic heterocycles. The topological polar surface area (TPSA) is 64.1 Å². The van der Waals surface area contributed by atoms with Crippen LogP contribution in [0.25, 0.3) is 22.6 Å². The SMILES string of the molecule is CNC(C)Cc1noc(-c2cc3cc(Br)ccc3o2)n1. The number of benzene rings is 1. The summed E-state index contributed by atoms with van der Waals surface area (Å²) in [6.07, 6.45) is 0.714. The molecule has 0 fully saturated rings. The quantitative estimate of drug-likeness (QED) is 0.791. The van der Waals surface area contributed by atoms with Gasteiger partial charge in [-0.15, -0.1) is 0 Å². The van der Waals surface area contributed by atoms with Crippen molar-refractivity contribution in [3.63, 3.8) is 0 Å². The Morgan fingerprint density at radius 1 is 1.35 bits per heavy atom. The molecule has 0 aliphatic heterocycles. The fourth-order valence-electron chi connectivity index (χ4n) is 1.93. The second-order valence-electron chi connectivity index (χ2n) is 4.70. The van der Waals surface area contributed by atoms with Gasteiger partial charge >= 0.3 is 0 Å². The summed E-state index contributed by atoms with van der Waals surface area (Å²) in [4.78, 5) is 4.36. The number of hydrogen-bond donors (Lipinski definition) is 1. The largest absolute Gasteiger partial charge is 0.451 e. The van der Waals surface area contributed by atoms with Crippen LogP contribution in [0.4, 0.5) is 0 Å². The third kappa shape index (κ3) is 2.62. The van der Waals surface area contributed by atoms with Crippen molar-refractivity contribution in [3.05, 3.63) is 34.6 Å². The molecule has 1 atom stereocenters. The summed E-state index contributed by atoms with van der Waals surface area (Å²) in [6.45, 7) is 2.06. The Bertz CT molecular complexity index is 735. The van der Waals surface area contributed by atoms with Crippen molar-refractivity contribution in [3.8, 4) is 11.7 Å². The van der Waals surface area contributed by atoms with Gasteiger partial charge in [0.1, 0.15) is 5.58 Å². The molecule has 1 N–H and O–H groups in total. The first-order valence-electron chi connectivity index (χ1n) is 6.35. The molecule has 6 heteroatoms. The van der Waals surface area contributed by atoms with Crippen molar-refractivity contribution in [2.45, 2.75) is 19.4 Å². The molecule has 0 amide bonds. The van der Waals surface area contributed by atoms with Gasteiger partial charge in [-0.3, -0.25) is 0 Å². The standard InChI is InChI=1S/C14H14BrN3O2/c1-8(16-2)5-13-17-14(20-18-13)12-7-9-6-10(15)3-4-11(9)19-12/h3-4,6-8,16H,5H2,1-2H3. The number of nitrogens with one attached hydrogen (secondary N) is 1. The minimum absolute atomic E-state index is 0.298. The lowest BCUT2D eigenvalue weighted by atomic mass is 10.2. The molecule has 3 aromatic rings. The highest BCUT2D eigenvalue weighted by molar-refractivity contribution is 9.10. The molecule has 0 bridgehead atoms. The van der Waals surface area contributed by atoms with Gasteiger partial charge in [0.05, 0.1) is 0 Å². The van der Waals surface area contributed by atoms with E-state index in [1.54, 1.807) is 0 Å². The van der Waals surface area contributed by atoms with E-state index in [2.05, 4.69) is 38.3 Å². The Morgan fingerprint density at radius 2 is 2.20 bits per heavy atom. The molecule has 0 saturated heterocycles. The lowest BCUT2D eigenvalue weighted by Crippen LogP contribution is -2.24. The molecule has 2 heterocycles. The summed E-state index contributed by atoms with van der Waals surface area (Å²) >= 11 is 3.44. The molecule has 3 rings (SSSR count). The smallest absolute Gasteiger partial charge is 0.293 e. The van der Waals surface area contributed by atoms with Gasteiger partial charge in [-0.05, 0) is 38.2 Å². The fourth-order valence-corrected chi connectivity index (χ4v) is 2.31. The molecule has 1 unspecified atom stereocenters. The molecule has 104 valence electrons. The van der Waals surface area contributed by atoms with Crippen LogP contribution < -0.4 is 5.32 Å². The first kappa shape index (κ1) is 13.3. The number of hydrogen-bond acceptors (Lipinski definition) is 5. The van der Waals surface area contributed by atoms with Crippen LogP contribution in [0.2, 0.25) is 0 Å². The van der Waals surface area contributed by atoms with Crippen molar-refractivity contribution >= 4 is 26.9 Å². The van der Waals surface area contributed by atoms with Gasteiger partial charge in [0.25, 0.3) is 5.89 Å². The molecule has 0 aliphatic carbocycles. The summed E-state index contributed by atoms with van der Waals surface area (Å²) in [5, 5.41) is 8.11. The average Bonchev–Trinajstić information content (AvgIpc) is 3.04. The van der Waals surface area contributed by atoms with Gasteiger partial charge in [-0.25, -0.2) is 0 Å². The first-order valence-corrected chi connectivity index (χ1v) is 7.14. The third-order valence-corrected chi connectivity index (χ3v) is 3.63. The molecule has 1 aromatic carbocycles. The summed E-state index contributed by atoms with van der Waals surface area (Å²) in [5.41, 5.74) is 0.798. The Morgan fingerprint density at radius 3 is 3.00 bits per heavy atom. The van der Waals surface area contributed by atoms with Crippen molar-refractivity contribution in [2.24, 2.45) is 0 Å². The monoisotopic (exact) mass is 335 g/mol. The zero-order valence-electron chi connectivity index (χ0n) is 11.2. The van der Waals surface area contributed by atoms with Crippen LogP contribution in [-0.2, 0) is 6.42 Å². The average molecular weight is 336 g/mol. The second kappa shape index (κ2) is 5.38. The van der Waals surface area contributed by atoms with E-state index in [4.69, 9.17) is 8.94 Å². The van der Waals surface area contributed by atoms with Crippen LogP contribution in [-0.4, -0.2) is 23.2 Å². The molecule has 0 saturated carbocycles. The van der Waals surface area contributed by atoms with E-state index in [-0.39, 0.29) is 0 Å². The van der Waals surface area contributed by atoms with Crippen LogP contribution in [0.5, 0.6) is 0 Å². The van der Waals surface area contributed by atoms with Crippen molar-refractivity contribution in [2.75, 3.05) is 7.05 Å². The summed E-state index contributed by atoms with van der Waals surface area (Å²) in [5.74, 6) is 1.67. The molecule has 5 nitrogen and oxygen atoms in total. The maximum absolute atomic E-state index is 5.72. The highest BCUT2D eigenvalue weighted by Gasteiger charge is 2.15. The van der Waals surface area contributed by atoms with Crippen LogP contribution in [0.1, 0.15) is 12.7 Å². The van der Waals surface area contributed by atoms with E-state index in [9.17, 15) is 0 Å². The minimum atomic E-state index is 0.298. The number of halogens is 1. The number of furan rings is 1. The number of fused-ring (bicyclic) bond motifs is 1. The van der Waals surface area contributed by atoms with Gasteiger partial charge in [0.15, 0.2) is 11.6 Å². The third-order valence-electron chi connectivity index (χ3n) is 3.14. The normalized spacial score (nSPS) is 12.9. The molecule has 0 radical (unpaired) electrons. The Balaban J connectivity index is 1.91. The lowest BCUT2D eigenvalue weighted by molar-refractivity contribution is 0.408. The van der Waals surface area contributed by atoms with Gasteiger partial charge in [-0.1, -0.05) is 21.1 Å². The van der Waals surface area contributed by atoms with Gasteiger partial charge in [-0.2, -0.15) is 4.98 Å². The van der Waals surface area contributed by atoms with Crippen molar-refractivity contribution in [1.29, 1.82) is 0 Å². The Labute approximate surface area is 124 Å². The van der Waals surface area contributed by atoms with Crippen LogP contribution in [0.3, 0.4) is 0 Å². The van der Waals surface area contributed by atoms with E-state index < -0.39 is 0 Å². The zero-order valence-corrected chi connectivity index (χ0v) is 12.8. The lowest BCUT2D eigenvalue weighted by Gasteiger charge is -2.04. The maximum Gasteiger partial charge on any atom is 0.293 e. The Hall–Kier alpha value is -1.66. The Kier molecular flexibility index (Phi) is 3.58. The summed E-state index contributed by atoms with van der Waals surface area (Å²) in [6, 6.07) is 8.03. The molecular formula is C14H14BrN3O2. The molecule has 20 heavy (non-hydrogen) atoms. The molecule has 0 aliphatic rings. The van der Waals surface area contributed by atoms with Crippen molar-refractivity contribution in [1.82, 2.24) is 15.5 Å². The maximum atomic E-state index is 5.72. The number of nitrogens with zero attached hydrogens (tertiary/aromatic N) is 2. The number of aromatic nitrogens is 2. The molecule has 0 spiro atoms. The van der Waals surface area contributed by atoms with Gasteiger partial charge in [0, 0.05) is 22.3 Å². The van der Waals surface area contributed by atoms with E-state index >= 15 is 0 Å². The van der Waals surface area contributed by atoms with Crippen LogP contribution >= 0.6 is 15.9 Å². The number of likely N-dealkylation sites (N-methyl/N-ethyl adjacent to an activating group) is 1. The highest BCUT2D eigenvalue weighted by atomic mass is 79.9. The van der Waals surface area contributed by atoms with Crippen LogP contribution in [0, 0.1) is 0 Å². The predicted octanol–water partition coefficient (Wildman–Crippen LogP) is 3.40. The van der Waals surface area contributed by atoms with E-state index in [0.717, 1.165) is 15.4 Å². The van der Waals surface area contributed by atoms with E-state index in [0.29, 0.717) is 29.9 Å². The van der Waals surface area contributed by atoms with Crippen molar-refractivity contribution < 1.29 is 8.94 Å². The summed E-state index contributed by atoms with van der Waals surface area (Å²) < 4.78 is 12.0. The molecular weight excluding hydrogens is 322 g/mol. The summed E-state index contributed by atoms with van der Waals surface area (Å²) in [7, 11) is 1.91. The van der Waals surface area contributed by atoms with Gasteiger partial charge in [0.2, 0.25) is 0 Å². The fraction of sp³-hybridized carbons (Fsp3) is 0.286. The predicted molar refractivity (Wildman–Crippen MR) is 79.4 cm³/mol. The van der Waals surface area contributed by atoms with Crippen LogP contribution in [0.15, 0.2) is 37.7 Å². The van der Waals surface area contributed by atoms with E-state index in [1.807, 2.05) is 31.3 Å². The minimum Gasteiger partial charge on any atom is -0.451 e. The first-order chi connectivity index (χ1) is 9.65. The van der Waals surface area contributed by atoms with Gasteiger partial charge < -0.3 is 14.3 Å². The van der Waals surface area contributed by atoms with E-state index in [1.165, 1.54) is 0 Å². The second-order valence-corrected chi connectivity index (χ2v) is 5.62.